The van der Waals surface area contributed by atoms with Crippen molar-refractivity contribution in [3.8, 4) is 0 Å². The molecule has 2 fully saturated rings. The van der Waals surface area contributed by atoms with Crippen LogP contribution in [0.3, 0.4) is 0 Å². The van der Waals surface area contributed by atoms with Crippen LogP contribution in [-0.2, 0) is 0 Å². The Balaban J connectivity index is 1.11. The van der Waals surface area contributed by atoms with Gasteiger partial charge in [-0.25, -0.2) is 4.79 Å². The molecule has 0 aliphatic carbocycles. The van der Waals surface area contributed by atoms with Crippen molar-refractivity contribution in [1.29, 1.82) is 0 Å². The first-order chi connectivity index (χ1) is 18.3. The Labute approximate surface area is 225 Å². The van der Waals surface area contributed by atoms with E-state index in [1.807, 2.05) is 28.8 Å². The number of hydrogen-bond acceptors (Lipinski definition) is 4. The van der Waals surface area contributed by atoms with Crippen molar-refractivity contribution >= 4 is 23.5 Å². The highest BCUT2D eigenvalue weighted by atomic mass is 32.2. The van der Waals surface area contributed by atoms with E-state index in [1.165, 1.54) is 48.4 Å². The van der Waals surface area contributed by atoms with Gasteiger partial charge < -0.3 is 15.1 Å². The summed E-state index contributed by atoms with van der Waals surface area (Å²) in [5.74, 6) is 1.11. The van der Waals surface area contributed by atoms with E-state index in [0.717, 1.165) is 31.1 Å². The lowest BCUT2D eigenvalue weighted by atomic mass is 9.96. The summed E-state index contributed by atoms with van der Waals surface area (Å²) in [5, 5.41) is 3.11. The zero-order valence-electron chi connectivity index (χ0n) is 21.6. The van der Waals surface area contributed by atoms with Crippen molar-refractivity contribution in [2.75, 3.05) is 56.9 Å². The summed E-state index contributed by atoms with van der Waals surface area (Å²) in [6, 6.07) is 29.8. The van der Waals surface area contributed by atoms with Crippen LogP contribution in [0.4, 0.5) is 10.5 Å². The molecule has 0 atom stereocenters. The Morgan fingerprint density at radius 3 is 1.92 bits per heavy atom. The first-order valence-corrected chi connectivity index (χ1v) is 14.6. The number of nitrogens with one attached hydrogen (secondary N) is 1. The SMILES string of the molecule is O=C(Nc1ccc(SCCN2CCCCC2)cc1)N1CCN(C(c2ccccc2)c2ccccc2)CC1. The minimum absolute atomic E-state index is 0.0128. The lowest BCUT2D eigenvalue weighted by Gasteiger charge is -2.39. The highest BCUT2D eigenvalue weighted by Crippen LogP contribution is 2.29. The van der Waals surface area contributed by atoms with Gasteiger partial charge in [0.15, 0.2) is 0 Å². The Morgan fingerprint density at radius 2 is 1.32 bits per heavy atom. The highest BCUT2D eigenvalue weighted by molar-refractivity contribution is 7.99. The van der Waals surface area contributed by atoms with Crippen molar-refractivity contribution in [3.63, 3.8) is 0 Å². The molecule has 2 saturated heterocycles. The van der Waals surface area contributed by atoms with Gasteiger partial charge in [-0.1, -0.05) is 67.1 Å². The lowest BCUT2D eigenvalue weighted by Crippen LogP contribution is -2.51. The zero-order chi connectivity index (χ0) is 25.3. The predicted octanol–water partition coefficient (Wildman–Crippen LogP) is 6.20. The molecule has 37 heavy (non-hydrogen) atoms. The number of piperazine rings is 1. The standard InChI is InChI=1S/C31H38N4OS/c36-31(32-28-14-16-29(17-15-28)37-25-24-33-18-8-3-9-19-33)35-22-20-34(21-23-35)30(26-10-4-1-5-11-26)27-12-6-2-7-13-27/h1-2,4-7,10-17,30H,3,8-9,18-25H2,(H,32,36). The normalized spacial score (nSPS) is 17.2. The fourth-order valence-electron chi connectivity index (χ4n) is 5.38. The van der Waals surface area contributed by atoms with E-state index in [9.17, 15) is 4.79 Å². The van der Waals surface area contributed by atoms with E-state index < -0.39 is 0 Å². The summed E-state index contributed by atoms with van der Waals surface area (Å²) in [5.41, 5.74) is 3.44. The molecule has 1 N–H and O–H groups in total. The molecule has 2 heterocycles. The second-order valence-electron chi connectivity index (χ2n) is 9.95. The van der Waals surface area contributed by atoms with Crippen LogP contribution in [0, 0.1) is 0 Å². The Bertz CT molecular complexity index is 1060. The lowest BCUT2D eigenvalue weighted by molar-refractivity contribution is 0.126. The molecule has 6 heteroatoms. The van der Waals surface area contributed by atoms with Gasteiger partial charge in [-0.2, -0.15) is 0 Å². The molecule has 2 amide bonds. The molecule has 0 unspecified atom stereocenters. The van der Waals surface area contributed by atoms with E-state index in [1.54, 1.807) is 0 Å². The molecule has 2 aliphatic heterocycles. The van der Waals surface area contributed by atoms with Gasteiger partial charge >= 0.3 is 6.03 Å². The van der Waals surface area contributed by atoms with E-state index in [4.69, 9.17) is 0 Å². The molecule has 0 bridgehead atoms. The van der Waals surface area contributed by atoms with E-state index in [-0.39, 0.29) is 12.1 Å². The van der Waals surface area contributed by atoms with Crippen molar-refractivity contribution in [2.24, 2.45) is 0 Å². The topological polar surface area (TPSA) is 38.8 Å². The number of rotatable bonds is 8. The average molecular weight is 515 g/mol. The summed E-state index contributed by atoms with van der Waals surface area (Å²) in [4.78, 5) is 21.3. The van der Waals surface area contributed by atoms with E-state index in [0.29, 0.717) is 13.1 Å². The largest absolute Gasteiger partial charge is 0.322 e. The van der Waals surface area contributed by atoms with Gasteiger partial charge in [-0.3, -0.25) is 4.90 Å². The maximum atomic E-state index is 13.0. The number of anilines is 1. The van der Waals surface area contributed by atoms with Crippen LogP contribution in [0.5, 0.6) is 0 Å². The molecule has 0 spiro atoms. The summed E-state index contributed by atoms with van der Waals surface area (Å²) in [6.07, 6.45) is 4.07. The van der Waals surface area contributed by atoms with Gasteiger partial charge in [0, 0.05) is 49.1 Å². The minimum Gasteiger partial charge on any atom is -0.322 e. The molecule has 5 rings (SSSR count). The summed E-state index contributed by atoms with van der Waals surface area (Å²) in [7, 11) is 0. The quantitative estimate of drug-likeness (QED) is 0.363. The molecule has 5 nitrogen and oxygen atoms in total. The smallest absolute Gasteiger partial charge is 0.321 e. The Morgan fingerprint density at radius 1 is 0.730 bits per heavy atom. The second kappa shape index (κ2) is 13.1. The van der Waals surface area contributed by atoms with Gasteiger partial charge in [-0.05, 0) is 61.3 Å². The predicted molar refractivity (Wildman–Crippen MR) is 154 cm³/mol. The number of nitrogens with zero attached hydrogens (tertiary/aromatic N) is 3. The monoisotopic (exact) mass is 514 g/mol. The first kappa shape index (κ1) is 25.8. The number of benzene rings is 3. The molecule has 2 aliphatic rings. The molecule has 0 aromatic heterocycles. The molecule has 194 valence electrons. The van der Waals surface area contributed by atoms with E-state index >= 15 is 0 Å². The number of piperidine rings is 1. The van der Waals surface area contributed by atoms with Crippen LogP contribution in [0.15, 0.2) is 89.8 Å². The average Bonchev–Trinajstić information content (AvgIpc) is 2.96. The minimum atomic E-state index is -0.0128. The molecular weight excluding hydrogens is 476 g/mol. The van der Waals surface area contributed by atoms with Crippen LogP contribution in [0.25, 0.3) is 0 Å². The van der Waals surface area contributed by atoms with Gasteiger partial charge in [0.1, 0.15) is 0 Å². The van der Waals surface area contributed by atoms with Crippen LogP contribution in [0.2, 0.25) is 0 Å². The number of hydrogen-bond donors (Lipinski definition) is 1. The Hall–Kier alpha value is -2.80. The zero-order valence-corrected chi connectivity index (χ0v) is 22.4. The number of carbonyl (C=O) groups excluding carboxylic acids is 1. The van der Waals surface area contributed by atoms with Crippen LogP contribution < -0.4 is 5.32 Å². The van der Waals surface area contributed by atoms with Gasteiger partial charge in [-0.15, -0.1) is 11.8 Å². The third-order valence-electron chi connectivity index (χ3n) is 7.43. The number of thioether (sulfide) groups is 1. The first-order valence-electron chi connectivity index (χ1n) is 13.6. The number of carbonyl (C=O) groups is 1. The number of amides is 2. The van der Waals surface area contributed by atoms with Gasteiger partial charge in [0.25, 0.3) is 0 Å². The molecule has 3 aromatic carbocycles. The Kier molecular flexibility index (Phi) is 9.17. The van der Waals surface area contributed by atoms with Crippen molar-refractivity contribution in [2.45, 2.75) is 30.2 Å². The second-order valence-corrected chi connectivity index (χ2v) is 11.1. The molecule has 3 aromatic rings. The van der Waals surface area contributed by atoms with Gasteiger partial charge in [0.05, 0.1) is 6.04 Å². The molecule has 0 radical (unpaired) electrons. The van der Waals surface area contributed by atoms with Crippen molar-refractivity contribution < 1.29 is 4.79 Å². The summed E-state index contributed by atoms with van der Waals surface area (Å²) in [6.45, 7) is 6.77. The van der Waals surface area contributed by atoms with Crippen molar-refractivity contribution in [3.05, 3.63) is 96.1 Å². The van der Waals surface area contributed by atoms with Crippen LogP contribution >= 0.6 is 11.8 Å². The highest BCUT2D eigenvalue weighted by Gasteiger charge is 2.28. The third kappa shape index (κ3) is 7.16. The summed E-state index contributed by atoms with van der Waals surface area (Å²) >= 11 is 1.90. The summed E-state index contributed by atoms with van der Waals surface area (Å²) < 4.78 is 0. The van der Waals surface area contributed by atoms with Crippen LogP contribution in [-0.4, -0.2) is 72.3 Å². The molecule has 0 saturated carbocycles. The van der Waals surface area contributed by atoms with E-state index in [2.05, 4.69) is 87.9 Å². The number of likely N-dealkylation sites (tertiary alicyclic amines) is 1. The third-order valence-corrected chi connectivity index (χ3v) is 8.42. The maximum Gasteiger partial charge on any atom is 0.321 e. The number of urea groups is 1. The fourth-order valence-corrected chi connectivity index (χ4v) is 6.29. The van der Waals surface area contributed by atoms with Gasteiger partial charge in [0.2, 0.25) is 0 Å². The van der Waals surface area contributed by atoms with Crippen LogP contribution in [0.1, 0.15) is 36.4 Å². The van der Waals surface area contributed by atoms with Crippen molar-refractivity contribution in [1.82, 2.24) is 14.7 Å². The fraction of sp³-hybridized carbons (Fsp3) is 0.387. The molecular formula is C31H38N4OS. The maximum absolute atomic E-state index is 13.0.